The molecule has 1 rings (SSSR count). The van der Waals surface area contributed by atoms with Crippen LogP contribution in [-0.2, 0) is 5.41 Å². The Morgan fingerprint density at radius 1 is 1.14 bits per heavy atom. The van der Waals surface area contributed by atoms with Gasteiger partial charge in [-0.05, 0) is 35.8 Å². The Morgan fingerprint density at radius 3 is 2.14 bits per heavy atom. The molecule has 78 valence electrons. The molecule has 0 saturated heterocycles. The van der Waals surface area contributed by atoms with Crippen LogP contribution < -0.4 is 0 Å². The van der Waals surface area contributed by atoms with Crippen molar-refractivity contribution in [3.8, 4) is 0 Å². The molecule has 0 amide bonds. The molecule has 1 aromatic rings. The second-order valence-corrected chi connectivity index (χ2v) is 5.24. The average Bonchev–Trinajstić information content (AvgIpc) is 2.18. The highest BCUT2D eigenvalue weighted by molar-refractivity contribution is 7.98. The molecule has 0 N–H and O–H groups in total. The van der Waals surface area contributed by atoms with E-state index in [1.807, 2.05) is 0 Å². The van der Waals surface area contributed by atoms with Crippen LogP contribution >= 0.6 is 11.8 Å². The first-order chi connectivity index (χ1) is 6.60. The third kappa shape index (κ3) is 2.78. The van der Waals surface area contributed by atoms with Gasteiger partial charge in [0, 0.05) is 4.90 Å². The van der Waals surface area contributed by atoms with E-state index in [0.29, 0.717) is 5.41 Å². The minimum atomic E-state index is 0.325. The maximum atomic E-state index is 2.32. The highest BCUT2D eigenvalue weighted by atomic mass is 32.2. The van der Waals surface area contributed by atoms with E-state index in [2.05, 4.69) is 51.3 Å². The van der Waals surface area contributed by atoms with Crippen LogP contribution in [0.15, 0.2) is 29.2 Å². The van der Waals surface area contributed by atoms with E-state index < -0.39 is 0 Å². The highest BCUT2D eigenvalue weighted by Crippen LogP contribution is 2.29. The zero-order chi connectivity index (χ0) is 10.6. The molecule has 0 spiro atoms. The van der Waals surface area contributed by atoms with Crippen LogP contribution in [0.3, 0.4) is 0 Å². The fraction of sp³-hybridized carbons (Fsp3) is 0.538. The van der Waals surface area contributed by atoms with Gasteiger partial charge in [-0.3, -0.25) is 0 Å². The standard InChI is InChI=1S/C13H20S/c1-5-10-13(2,3)11-6-8-12(14-4)9-7-11/h6-9H,5,10H2,1-4H3. The number of thioether (sulfide) groups is 1. The van der Waals surface area contributed by atoms with Crippen molar-refractivity contribution in [3.63, 3.8) is 0 Å². The molecule has 0 aliphatic rings. The van der Waals surface area contributed by atoms with Crippen molar-refractivity contribution in [2.75, 3.05) is 6.26 Å². The van der Waals surface area contributed by atoms with Gasteiger partial charge in [0.15, 0.2) is 0 Å². The van der Waals surface area contributed by atoms with E-state index in [0.717, 1.165) is 0 Å². The number of hydrogen-bond donors (Lipinski definition) is 0. The fourth-order valence-electron chi connectivity index (χ4n) is 1.81. The van der Waals surface area contributed by atoms with Gasteiger partial charge < -0.3 is 0 Å². The minimum absolute atomic E-state index is 0.325. The molecule has 0 heterocycles. The molecule has 14 heavy (non-hydrogen) atoms. The fourth-order valence-corrected chi connectivity index (χ4v) is 2.22. The van der Waals surface area contributed by atoms with Crippen LogP contribution in [0.4, 0.5) is 0 Å². The predicted octanol–water partition coefficient (Wildman–Crippen LogP) is 4.49. The van der Waals surface area contributed by atoms with Crippen molar-refractivity contribution in [3.05, 3.63) is 29.8 Å². The number of hydrogen-bond acceptors (Lipinski definition) is 1. The maximum absolute atomic E-state index is 2.32. The van der Waals surface area contributed by atoms with Crippen LogP contribution in [0.1, 0.15) is 39.2 Å². The van der Waals surface area contributed by atoms with Gasteiger partial charge in [0.1, 0.15) is 0 Å². The summed E-state index contributed by atoms with van der Waals surface area (Å²) in [4.78, 5) is 1.35. The number of rotatable bonds is 4. The lowest BCUT2D eigenvalue weighted by Crippen LogP contribution is -2.16. The van der Waals surface area contributed by atoms with Crippen molar-refractivity contribution in [1.82, 2.24) is 0 Å². The van der Waals surface area contributed by atoms with Crippen molar-refractivity contribution < 1.29 is 0 Å². The molecule has 0 nitrogen and oxygen atoms in total. The summed E-state index contributed by atoms with van der Waals surface area (Å²) in [7, 11) is 0. The van der Waals surface area contributed by atoms with E-state index in [9.17, 15) is 0 Å². The molecule has 1 aromatic carbocycles. The molecule has 0 bridgehead atoms. The molecule has 0 radical (unpaired) electrons. The van der Waals surface area contributed by atoms with Crippen LogP contribution in [0.25, 0.3) is 0 Å². The molecule has 0 aliphatic carbocycles. The lowest BCUT2D eigenvalue weighted by atomic mass is 9.81. The summed E-state index contributed by atoms with van der Waals surface area (Å²) in [6.07, 6.45) is 4.62. The summed E-state index contributed by atoms with van der Waals surface area (Å²) < 4.78 is 0. The van der Waals surface area contributed by atoms with Gasteiger partial charge in [-0.25, -0.2) is 0 Å². The molecule has 0 unspecified atom stereocenters. The van der Waals surface area contributed by atoms with Gasteiger partial charge in [-0.2, -0.15) is 0 Å². The Hall–Kier alpha value is -0.430. The smallest absolute Gasteiger partial charge is 0.00693 e. The monoisotopic (exact) mass is 208 g/mol. The lowest BCUT2D eigenvalue weighted by molar-refractivity contribution is 0.473. The lowest BCUT2D eigenvalue weighted by Gasteiger charge is -2.24. The van der Waals surface area contributed by atoms with E-state index in [1.54, 1.807) is 11.8 Å². The van der Waals surface area contributed by atoms with Crippen LogP contribution in [0, 0.1) is 0 Å². The van der Waals surface area contributed by atoms with Gasteiger partial charge in [0.05, 0.1) is 0 Å². The third-order valence-electron chi connectivity index (χ3n) is 2.75. The Morgan fingerprint density at radius 2 is 1.71 bits per heavy atom. The zero-order valence-electron chi connectivity index (χ0n) is 9.63. The van der Waals surface area contributed by atoms with Crippen molar-refractivity contribution in [2.45, 2.75) is 43.9 Å². The largest absolute Gasteiger partial charge is 0.130 e. The third-order valence-corrected chi connectivity index (χ3v) is 3.49. The normalized spacial score (nSPS) is 11.7. The summed E-state index contributed by atoms with van der Waals surface area (Å²) in [5.74, 6) is 0. The first kappa shape index (κ1) is 11.6. The summed E-state index contributed by atoms with van der Waals surface area (Å²) in [5, 5.41) is 0. The van der Waals surface area contributed by atoms with E-state index in [-0.39, 0.29) is 0 Å². The molecule has 0 aliphatic heterocycles. The summed E-state index contributed by atoms with van der Waals surface area (Å²) in [6.45, 7) is 6.90. The van der Waals surface area contributed by atoms with E-state index in [4.69, 9.17) is 0 Å². The first-order valence-corrected chi connectivity index (χ1v) is 6.47. The highest BCUT2D eigenvalue weighted by Gasteiger charge is 2.18. The molecule has 1 heteroatoms. The topological polar surface area (TPSA) is 0 Å². The van der Waals surface area contributed by atoms with E-state index >= 15 is 0 Å². The van der Waals surface area contributed by atoms with Crippen molar-refractivity contribution >= 4 is 11.8 Å². The predicted molar refractivity (Wildman–Crippen MR) is 66.2 cm³/mol. The minimum Gasteiger partial charge on any atom is -0.130 e. The molecule has 0 fully saturated rings. The second-order valence-electron chi connectivity index (χ2n) is 4.36. The molecule has 0 atom stereocenters. The Balaban J connectivity index is 2.85. The van der Waals surface area contributed by atoms with Gasteiger partial charge in [-0.15, -0.1) is 11.8 Å². The molecule has 0 saturated carbocycles. The van der Waals surface area contributed by atoms with Crippen LogP contribution in [-0.4, -0.2) is 6.26 Å². The molecule has 0 aromatic heterocycles. The van der Waals surface area contributed by atoms with E-state index in [1.165, 1.54) is 23.3 Å². The number of benzene rings is 1. The Kier molecular flexibility index (Phi) is 4.06. The van der Waals surface area contributed by atoms with Gasteiger partial charge >= 0.3 is 0 Å². The zero-order valence-corrected chi connectivity index (χ0v) is 10.4. The summed E-state index contributed by atoms with van der Waals surface area (Å²) in [6, 6.07) is 8.97. The Bertz CT molecular complexity index is 272. The van der Waals surface area contributed by atoms with Gasteiger partial charge in [0.2, 0.25) is 0 Å². The second kappa shape index (κ2) is 4.88. The SMILES string of the molecule is CCCC(C)(C)c1ccc(SC)cc1. The van der Waals surface area contributed by atoms with Gasteiger partial charge in [0.25, 0.3) is 0 Å². The average molecular weight is 208 g/mol. The summed E-state index contributed by atoms with van der Waals surface area (Å²) >= 11 is 1.80. The maximum Gasteiger partial charge on any atom is 0.00693 e. The molecular formula is C13H20S. The van der Waals surface area contributed by atoms with Crippen LogP contribution in [0.2, 0.25) is 0 Å². The van der Waals surface area contributed by atoms with Crippen LogP contribution in [0.5, 0.6) is 0 Å². The molecular weight excluding hydrogens is 188 g/mol. The Labute approximate surface area is 92.1 Å². The quantitative estimate of drug-likeness (QED) is 0.657. The van der Waals surface area contributed by atoms with Crippen molar-refractivity contribution in [2.24, 2.45) is 0 Å². The van der Waals surface area contributed by atoms with Crippen molar-refractivity contribution in [1.29, 1.82) is 0 Å². The van der Waals surface area contributed by atoms with Gasteiger partial charge in [-0.1, -0.05) is 39.3 Å². The summed E-state index contributed by atoms with van der Waals surface area (Å²) in [5.41, 5.74) is 1.78. The first-order valence-electron chi connectivity index (χ1n) is 5.24.